The van der Waals surface area contributed by atoms with Gasteiger partial charge in [-0.05, 0) is 104 Å². The van der Waals surface area contributed by atoms with Gasteiger partial charge in [-0.1, -0.05) is 97.1 Å². The van der Waals surface area contributed by atoms with Crippen molar-refractivity contribution in [1.29, 1.82) is 0 Å². The minimum atomic E-state index is 1.25. The van der Waals surface area contributed by atoms with Crippen molar-refractivity contribution >= 4 is 57.2 Å². The number of rotatable bonds is 6. The number of thioether (sulfide) groups is 2. The molecule has 0 nitrogen and oxygen atoms in total. The summed E-state index contributed by atoms with van der Waals surface area (Å²) in [6.45, 7) is 0. The summed E-state index contributed by atoms with van der Waals surface area (Å²) in [5, 5.41) is 5.07. The predicted molar refractivity (Wildman–Crippen MR) is 171 cm³/mol. The largest absolute Gasteiger partial charge is 0.129 e. The Morgan fingerprint density at radius 1 is 0.395 bits per heavy atom. The van der Waals surface area contributed by atoms with Crippen LogP contribution in [-0.2, 0) is 0 Å². The average molecular weight is 525 g/mol. The predicted octanol–water partition coefficient (Wildman–Crippen LogP) is 10.9. The van der Waals surface area contributed by atoms with Gasteiger partial charge in [0.15, 0.2) is 0 Å². The van der Waals surface area contributed by atoms with Crippen LogP contribution in [0.25, 0.3) is 56.0 Å². The van der Waals surface area contributed by atoms with E-state index in [1.807, 2.05) is 0 Å². The minimum Gasteiger partial charge on any atom is -0.129 e. The van der Waals surface area contributed by atoms with Gasteiger partial charge in [-0.15, -0.1) is 23.5 Å². The first-order valence-corrected chi connectivity index (χ1v) is 15.2. The molecule has 0 spiro atoms. The highest BCUT2D eigenvalue weighted by Crippen LogP contribution is 2.34. The molecule has 0 atom stereocenters. The Bertz CT molecular complexity index is 1630. The molecule has 0 aliphatic heterocycles. The zero-order valence-electron chi connectivity index (χ0n) is 21.5. The molecule has 0 radical (unpaired) electrons. The Hall–Kier alpha value is -3.72. The van der Waals surface area contributed by atoms with Crippen LogP contribution >= 0.6 is 23.5 Å². The second-order valence-corrected chi connectivity index (χ2v) is 11.1. The summed E-state index contributed by atoms with van der Waals surface area (Å²) in [4.78, 5) is 2.58. The number of benzene rings is 6. The molecule has 0 N–H and O–H groups in total. The van der Waals surface area contributed by atoms with Gasteiger partial charge in [0.25, 0.3) is 0 Å². The molecule has 0 aliphatic rings. The van der Waals surface area contributed by atoms with Crippen molar-refractivity contribution in [1.82, 2.24) is 0 Å². The Labute approximate surface area is 233 Å². The smallest absolute Gasteiger partial charge is 0.0148 e. The SMILES string of the molecule is CSc1cc2ccc(-c3ccccc3)cc2cc1/C=C/c1cc2cc(-c3ccccc3)ccc2cc1SC. The first-order valence-electron chi connectivity index (χ1n) is 12.7. The summed E-state index contributed by atoms with van der Waals surface area (Å²) in [6, 6.07) is 44.0. The first kappa shape index (κ1) is 24.6. The molecule has 6 aromatic carbocycles. The van der Waals surface area contributed by atoms with Crippen LogP contribution in [0.3, 0.4) is 0 Å². The fourth-order valence-electron chi connectivity index (χ4n) is 5.00. The van der Waals surface area contributed by atoms with E-state index in [2.05, 4.69) is 146 Å². The van der Waals surface area contributed by atoms with Crippen LogP contribution in [0.2, 0.25) is 0 Å². The Morgan fingerprint density at radius 3 is 1.21 bits per heavy atom. The van der Waals surface area contributed by atoms with E-state index in [9.17, 15) is 0 Å². The van der Waals surface area contributed by atoms with E-state index in [1.165, 1.54) is 64.7 Å². The van der Waals surface area contributed by atoms with Gasteiger partial charge in [0, 0.05) is 9.79 Å². The molecule has 0 aliphatic carbocycles. The fourth-order valence-corrected chi connectivity index (χ4v) is 6.22. The molecule has 0 fully saturated rings. The van der Waals surface area contributed by atoms with Gasteiger partial charge >= 0.3 is 0 Å². The maximum Gasteiger partial charge on any atom is 0.0148 e. The van der Waals surface area contributed by atoms with Gasteiger partial charge in [-0.25, -0.2) is 0 Å². The molecule has 0 saturated heterocycles. The zero-order valence-corrected chi connectivity index (χ0v) is 23.2. The lowest BCUT2D eigenvalue weighted by molar-refractivity contribution is 1.45. The lowest BCUT2D eigenvalue weighted by Crippen LogP contribution is -1.86. The van der Waals surface area contributed by atoms with Crippen molar-refractivity contribution < 1.29 is 0 Å². The quantitative estimate of drug-likeness (QED) is 0.157. The van der Waals surface area contributed by atoms with Crippen LogP contribution in [0.5, 0.6) is 0 Å². The topological polar surface area (TPSA) is 0 Å². The highest BCUT2D eigenvalue weighted by Gasteiger charge is 2.08. The van der Waals surface area contributed by atoms with Crippen molar-refractivity contribution in [2.24, 2.45) is 0 Å². The molecule has 0 aromatic heterocycles. The van der Waals surface area contributed by atoms with Crippen LogP contribution in [0.4, 0.5) is 0 Å². The molecular weight excluding hydrogens is 497 g/mol. The molecule has 0 amide bonds. The molecule has 2 heteroatoms. The second kappa shape index (κ2) is 10.9. The van der Waals surface area contributed by atoms with E-state index in [1.54, 1.807) is 23.5 Å². The third kappa shape index (κ3) is 5.03. The Morgan fingerprint density at radius 2 is 0.816 bits per heavy atom. The van der Waals surface area contributed by atoms with Crippen molar-refractivity contribution in [3.8, 4) is 22.3 Å². The van der Waals surface area contributed by atoms with Crippen LogP contribution in [0, 0.1) is 0 Å². The molecule has 0 bridgehead atoms. The van der Waals surface area contributed by atoms with Gasteiger partial charge < -0.3 is 0 Å². The zero-order chi connectivity index (χ0) is 25.9. The van der Waals surface area contributed by atoms with Gasteiger partial charge in [0.05, 0.1) is 0 Å². The summed E-state index contributed by atoms with van der Waals surface area (Å²) in [6.07, 6.45) is 8.88. The van der Waals surface area contributed by atoms with Crippen LogP contribution < -0.4 is 0 Å². The van der Waals surface area contributed by atoms with Gasteiger partial charge in [0.1, 0.15) is 0 Å². The molecule has 6 aromatic rings. The summed E-state index contributed by atoms with van der Waals surface area (Å²) in [5.41, 5.74) is 7.49. The first-order chi connectivity index (χ1) is 18.7. The lowest BCUT2D eigenvalue weighted by atomic mass is 9.98. The van der Waals surface area contributed by atoms with E-state index in [0.29, 0.717) is 0 Å². The average Bonchev–Trinajstić information content (AvgIpc) is 2.99. The van der Waals surface area contributed by atoms with E-state index >= 15 is 0 Å². The monoisotopic (exact) mass is 524 g/mol. The van der Waals surface area contributed by atoms with Crippen LogP contribution in [0.1, 0.15) is 11.1 Å². The van der Waals surface area contributed by atoms with E-state index < -0.39 is 0 Å². The third-order valence-corrected chi connectivity index (χ3v) is 8.62. The van der Waals surface area contributed by atoms with E-state index in [0.717, 1.165) is 0 Å². The molecule has 6 rings (SSSR count). The summed E-state index contributed by atoms with van der Waals surface area (Å²) in [5.74, 6) is 0. The number of hydrogen-bond acceptors (Lipinski definition) is 2. The van der Waals surface area contributed by atoms with Crippen molar-refractivity contribution in [2.45, 2.75) is 9.79 Å². The van der Waals surface area contributed by atoms with Crippen molar-refractivity contribution in [3.63, 3.8) is 0 Å². The third-order valence-electron chi connectivity index (χ3n) is 7.03. The van der Waals surface area contributed by atoms with E-state index in [-0.39, 0.29) is 0 Å². The van der Waals surface area contributed by atoms with Gasteiger partial charge in [-0.2, -0.15) is 0 Å². The highest BCUT2D eigenvalue weighted by molar-refractivity contribution is 7.99. The molecule has 184 valence electrons. The van der Waals surface area contributed by atoms with Gasteiger partial charge in [0.2, 0.25) is 0 Å². The van der Waals surface area contributed by atoms with Crippen LogP contribution in [-0.4, -0.2) is 12.5 Å². The Kier molecular flexibility index (Phi) is 7.09. The Balaban J connectivity index is 1.41. The fraction of sp³-hybridized carbons (Fsp3) is 0.0556. The normalized spacial score (nSPS) is 11.5. The lowest BCUT2D eigenvalue weighted by Gasteiger charge is -2.11. The maximum absolute atomic E-state index is 2.33. The molecule has 38 heavy (non-hydrogen) atoms. The van der Waals surface area contributed by atoms with Gasteiger partial charge in [-0.3, -0.25) is 0 Å². The maximum atomic E-state index is 2.33. The van der Waals surface area contributed by atoms with Crippen molar-refractivity contribution in [3.05, 3.63) is 132 Å². The van der Waals surface area contributed by atoms with Crippen molar-refractivity contribution in [2.75, 3.05) is 12.5 Å². The molecule has 0 heterocycles. The summed E-state index contributed by atoms with van der Waals surface area (Å²) >= 11 is 3.60. The standard InChI is InChI=1S/C36H28S2/c1-37-35-23-29-15-13-27(25-9-5-3-6-10-25)19-33(29)21-31(35)17-18-32-22-34-20-28(26-11-7-4-8-12-26)14-16-30(34)24-36(32)38-2/h3-24H,1-2H3/b18-17+. The number of fused-ring (bicyclic) bond motifs is 2. The summed E-state index contributed by atoms with van der Waals surface area (Å²) in [7, 11) is 0. The number of hydrogen-bond donors (Lipinski definition) is 0. The second-order valence-electron chi connectivity index (χ2n) is 9.38. The minimum absolute atomic E-state index is 1.25. The molecular formula is C36H28S2. The highest BCUT2D eigenvalue weighted by atomic mass is 32.2. The molecule has 0 saturated carbocycles. The van der Waals surface area contributed by atoms with E-state index in [4.69, 9.17) is 0 Å². The molecule has 0 unspecified atom stereocenters. The summed E-state index contributed by atoms with van der Waals surface area (Å²) < 4.78 is 0. The van der Waals surface area contributed by atoms with Crippen LogP contribution in [0.15, 0.2) is 131 Å².